The van der Waals surface area contributed by atoms with Crippen LogP contribution in [0.5, 0.6) is 0 Å². The lowest BCUT2D eigenvalue weighted by atomic mass is 10.1. The fourth-order valence-electron chi connectivity index (χ4n) is 3.19. The minimum absolute atomic E-state index is 1.09. The number of rotatable bonds is 6. The van der Waals surface area contributed by atoms with E-state index < -0.39 is 0 Å². The zero-order valence-electron chi connectivity index (χ0n) is 13.4. The summed E-state index contributed by atoms with van der Waals surface area (Å²) >= 11 is 0. The van der Waals surface area contributed by atoms with Gasteiger partial charge < -0.3 is 14.7 Å². The van der Waals surface area contributed by atoms with Crippen LogP contribution in [0.2, 0.25) is 0 Å². The van der Waals surface area contributed by atoms with Gasteiger partial charge in [0.2, 0.25) is 0 Å². The van der Waals surface area contributed by atoms with Crippen molar-refractivity contribution in [2.75, 3.05) is 50.7 Å². The maximum atomic E-state index is 2.40. The molecule has 1 aromatic carbocycles. The zero-order valence-corrected chi connectivity index (χ0v) is 13.4. The van der Waals surface area contributed by atoms with Crippen LogP contribution in [0.4, 0.5) is 5.69 Å². The van der Waals surface area contributed by atoms with E-state index in [4.69, 9.17) is 0 Å². The van der Waals surface area contributed by atoms with Crippen molar-refractivity contribution < 1.29 is 9.80 Å². The lowest BCUT2D eigenvalue weighted by Gasteiger charge is -2.29. The molecule has 0 spiro atoms. The van der Waals surface area contributed by atoms with Gasteiger partial charge in [-0.3, -0.25) is 0 Å². The Morgan fingerprint density at radius 1 is 0.850 bits per heavy atom. The molecule has 112 valence electrons. The first kappa shape index (κ1) is 15.3. The van der Waals surface area contributed by atoms with Crippen LogP contribution in [0.3, 0.4) is 0 Å². The Labute approximate surface area is 124 Å². The van der Waals surface area contributed by atoms with Crippen LogP contribution >= 0.6 is 0 Å². The van der Waals surface area contributed by atoms with Crippen LogP contribution < -0.4 is 14.7 Å². The zero-order chi connectivity index (χ0) is 14.4. The molecule has 3 heteroatoms. The highest BCUT2D eigenvalue weighted by Crippen LogP contribution is 2.14. The van der Waals surface area contributed by atoms with E-state index in [1.54, 1.807) is 9.80 Å². The topological polar surface area (TPSA) is 12.1 Å². The van der Waals surface area contributed by atoms with E-state index in [2.05, 4.69) is 49.9 Å². The highest BCUT2D eigenvalue weighted by Gasteiger charge is 2.21. The highest BCUT2D eigenvalue weighted by molar-refractivity contribution is 5.47. The van der Waals surface area contributed by atoms with Gasteiger partial charge in [0.05, 0.1) is 6.54 Å². The minimum atomic E-state index is 1.09. The Morgan fingerprint density at radius 2 is 1.40 bits per heavy atom. The molecule has 0 radical (unpaired) electrons. The minimum Gasteiger partial charge on any atom is -0.372 e. The third kappa shape index (κ3) is 3.97. The SMILES string of the molecule is CCN(CC)c1ccc(C[NH+]2CC[NH+](CC)CC2)cc1. The molecule has 0 unspecified atom stereocenters. The molecule has 1 heterocycles. The van der Waals surface area contributed by atoms with Gasteiger partial charge in [0.1, 0.15) is 32.7 Å². The third-order valence-electron chi connectivity index (χ3n) is 4.68. The van der Waals surface area contributed by atoms with Crippen molar-refractivity contribution in [3.8, 4) is 0 Å². The number of quaternary nitrogens is 2. The Balaban J connectivity index is 1.88. The van der Waals surface area contributed by atoms with Crippen LogP contribution in [0.15, 0.2) is 24.3 Å². The molecular weight excluding hydrogens is 246 g/mol. The molecule has 1 saturated heterocycles. The van der Waals surface area contributed by atoms with E-state index in [9.17, 15) is 0 Å². The lowest BCUT2D eigenvalue weighted by molar-refractivity contribution is -1.02. The lowest BCUT2D eigenvalue weighted by Crippen LogP contribution is -3.27. The summed E-state index contributed by atoms with van der Waals surface area (Å²) in [6.07, 6.45) is 0. The molecular formula is C17H31N3+2. The maximum absolute atomic E-state index is 2.40. The number of hydrogen-bond acceptors (Lipinski definition) is 1. The number of benzene rings is 1. The van der Waals surface area contributed by atoms with Crippen LogP contribution in [0.25, 0.3) is 0 Å². The van der Waals surface area contributed by atoms with Gasteiger partial charge in [0, 0.05) is 24.3 Å². The number of piperazine rings is 1. The van der Waals surface area contributed by atoms with Crippen LogP contribution in [0.1, 0.15) is 26.3 Å². The molecule has 1 aliphatic heterocycles. The summed E-state index contributed by atoms with van der Waals surface area (Å²) in [5, 5.41) is 0. The highest BCUT2D eigenvalue weighted by atomic mass is 15.3. The van der Waals surface area contributed by atoms with Gasteiger partial charge in [0.15, 0.2) is 0 Å². The quantitative estimate of drug-likeness (QED) is 0.736. The Hall–Kier alpha value is -1.06. The van der Waals surface area contributed by atoms with Crippen molar-refractivity contribution in [2.45, 2.75) is 27.3 Å². The first-order valence-corrected chi connectivity index (χ1v) is 8.27. The van der Waals surface area contributed by atoms with Gasteiger partial charge in [-0.05, 0) is 32.9 Å². The molecule has 0 aromatic heterocycles. The number of nitrogens with one attached hydrogen (secondary N) is 2. The predicted molar refractivity (Wildman–Crippen MR) is 85.6 cm³/mol. The molecule has 3 nitrogen and oxygen atoms in total. The third-order valence-corrected chi connectivity index (χ3v) is 4.68. The number of anilines is 1. The van der Waals surface area contributed by atoms with Gasteiger partial charge >= 0.3 is 0 Å². The molecule has 0 saturated carbocycles. The smallest absolute Gasteiger partial charge is 0.127 e. The molecule has 1 aromatic rings. The van der Waals surface area contributed by atoms with E-state index in [1.165, 1.54) is 50.5 Å². The van der Waals surface area contributed by atoms with E-state index in [0.717, 1.165) is 13.1 Å². The normalized spacial score (nSPS) is 22.8. The van der Waals surface area contributed by atoms with Crippen molar-refractivity contribution in [3.05, 3.63) is 29.8 Å². The summed E-state index contributed by atoms with van der Waals surface area (Å²) < 4.78 is 0. The summed E-state index contributed by atoms with van der Waals surface area (Å²) in [6, 6.07) is 9.21. The van der Waals surface area contributed by atoms with E-state index in [-0.39, 0.29) is 0 Å². The average Bonchev–Trinajstić information content (AvgIpc) is 2.51. The maximum Gasteiger partial charge on any atom is 0.127 e. The Kier molecular flexibility index (Phi) is 5.86. The number of likely N-dealkylation sites (N-methyl/N-ethyl adjacent to an activating group) is 1. The van der Waals surface area contributed by atoms with Crippen molar-refractivity contribution in [1.29, 1.82) is 0 Å². The summed E-state index contributed by atoms with van der Waals surface area (Å²) in [5.41, 5.74) is 2.84. The Morgan fingerprint density at radius 3 is 1.90 bits per heavy atom. The molecule has 20 heavy (non-hydrogen) atoms. The number of nitrogens with zero attached hydrogens (tertiary/aromatic N) is 1. The summed E-state index contributed by atoms with van der Waals surface area (Å²) in [6.45, 7) is 16.7. The second-order valence-electron chi connectivity index (χ2n) is 5.87. The van der Waals surface area contributed by atoms with Gasteiger partial charge in [0.25, 0.3) is 0 Å². The van der Waals surface area contributed by atoms with Crippen LogP contribution in [-0.4, -0.2) is 45.8 Å². The molecule has 1 fully saturated rings. The van der Waals surface area contributed by atoms with Crippen molar-refractivity contribution in [1.82, 2.24) is 0 Å². The molecule has 2 rings (SSSR count). The fraction of sp³-hybridized carbons (Fsp3) is 0.647. The Bertz CT molecular complexity index is 376. The first-order chi connectivity index (χ1) is 9.76. The van der Waals surface area contributed by atoms with Gasteiger partial charge in [-0.25, -0.2) is 0 Å². The van der Waals surface area contributed by atoms with E-state index in [0.29, 0.717) is 0 Å². The van der Waals surface area contributed by atoms with Gasteiger partial charge in [-0.15, -0.1) is 0 Å². The second-order valence-corrected chi connectivity index (χ2v) is 5.87. The summed E-state index contributed by atoms with van der Waals surface area (Å²) in [5.74, 6) is 0. The monoisotopic (exact) mass is 277 g/mol. The first-order valence-electron chi connectivity index (χ1n) is 8.27. The molecule has 1 aliphatic rings. The molecule has 0 bridgehead atoms. The van der Waals surface area contributed by atoms with Gasteiger partial charge in [-0.1, -0.05) is 12.1 Å². The molecule has 2 N–H and O–H groups in total. The van der Waals surface area contributed by atoms with Crippen molar-refractivity contribution >= 4 is 5.69 Å². The summed E-state index contributed by atoms with van der Waals surface area (Å²) in [4.78, 5) is 5.92. The van der Waals surface area contributed by atoms with Crippen molar-refractivity contribution in [2.24, 2.45) is 0 Å². The fourth-order valence-corrected chi connectivity index (χ4v) is 3.19. The molecule has 0 atom stereocenters. The standard InChI is InChI=1S/C17H29N3/c1-4-18-11-13-19(14-12-18)15-16-7-9-17(10-8-16)20(5-2)6-3/h7-10H,4-6,11-15H2,1-3H3/p+2. The van der Waals surface area contributed by atoms with E-state index >= 15 is 0 Å². The van der Waals surface area contributed by atoms with Gasteiger partial charge in [-0.2, -0.15) is 0 Å². The van der Waals surface area contributed by atoms with E-state index in [1.807, 2.05) is 0 Å². The van der Waals surface area contributed by atoms with Crippen LogP contribution in [-0.2, 0) is 6.54 Å². The molecule has 0 amide bonds. The van der Waals surface area contributed by atoms with Crippen LogP contribution in [0, 0.1) is 0 Å². The predicted octanol–water partition coefficient (Wildman–Crippen LogP) is -0.164. The van der Waals surface area contributed by atoms with Crippen molar-refractivity contribution in [3.63, 3.8) is 0 Å². The summed E-state index contributed by atoms with van der Waals surface area (Å²) in [7, 11) is 0. The number of hydrogen-bond donors (Lipinski definition) is 2. The average molecular weight is 277 g/mol. The largest absolute Gasteiger partial charge is 0.372 e. The second kappa shape index (κ2) is 7.65. The molecule has 0 aliphatic carbocycles.